The number of aliphatic imine (C=N–C) groups is 1. The molecule has 71 heavy (non-hydrogen) atoms. The number of aliphatic carboxylic acids is 1. The fraction of sp³-hybridized carbons (Fsp3) is 0.365. The molecule has 18 nitrogen and oxygen atoms in total. The van der Waals surface area contributed by atoms with E-state index in [4.69, 9.17) is 5.11 Å². The molecule has 3 aliphatic heterocycles. The number of hydrogen-bond donors (Lipinski definition) is 4. The number of aliphatic hydroxyl groups is 2. The third kappa shape index (κ3) is 12.1. The standard InChI is InChI=1S/C33H35FN2O5.C19H25N7O4/c1-21(2)31-30(33(41)35-25-11-7-4-8-12-25)29(22-9-5-3-6-10-22)32(23-13-15-24(34)16-14-23)36(31)18-17-26(37)19-27(38)20-28(39)40;1-21-17-16(18(27)22(2)19(21)28)25(13-20-17)12-9-23-7-10-24(11-8-23)14-3-5-15(6-4-14)26(29)30/h3-16,21,26-27,37-38H,17-20H2,1-2H3,(H,35,41)(H,39,40);3-6,13,16-17H,7-12H2,1-2H3/t26-,27-;/m1./s1. The maximum atomic E-state index is 14.0. The molecule has 2 unspecified atom stereocenters. The van der Waals surface area contributed by atoms with Crippen molar-refractivity contribution < 1.29 is 43.8 Å². The van der Waals surface area contributed by atoms with Gasteiger partial charge in [0.15, 0.2) is 12.2 Å². The van der Waals surface area contributed by atoms with Crippen LogP contribution < -0.4 is 10.2 Å². The third-order valence-electron chi connectivity index (χ3n) is 13.0. The number of hydrogen-bond acceptors (Lipinski definition) is 12. The summed E-state index contributed by atoms with van der Waals surface area (Å²) in [5.74, 6) is -2.15. The van der Waals surface area contributed by atoms with Crippen LogP contribution in [0.4, 0.5) is 26.2 Å². The summed E-state index contributed by atoms with van der Waals surface area (Å²) in [6.07, 6.45) is -1.28. The number of non-ortho nitro benzene ring substituents is 1. The van der Waals surface area contributed by atoms with Crippen LogP contribution in [-0.4, -0.2) is 152 Å². The lowest BCUT2D eigenvalue weighted by molar-refractivity contribution is -0.384. The van der Waals surface area contributed by atoms with Gasteiger partial charge in [-0.3, -0.25) is 34.3 Å². The number of rotatable bonds is 17. The molecule has 1 aromatic heterocycles. The van der Waals surface area contributed by atoms with Gasteiger partial charge >= 0.3 is 12.0 Å². The molecular formula is C52H60FN9O9. The van der Waals surface area contributed by atoms with Crippen molar-refractivity contribution in [1.82, 2.24) is 24.2 Å². The fourth-order valence-electron chi connectivity index (χ4n) is 9.37. The number of fused-ring (bicyclic) bond motifs is 1. The Kier molecular flexibility index (Phi) is 16.6. The van der Waals surface area contributed by atoms with Gasteiger partial charge in [0.2, 0.25) is 0 Å². The van der Waals surface area contributed by atoms with Gasteiger partial charge in [0.05, 0.1) is 41.1 Å². The van der Waals surface area contributed by atoms with E-state index < -0.39 is 41.7 Å². The number of nitro groups is 1. The average molecular weight is 974 g/mol. The molecule has 0 saturated carbocycles. The van der Waals surface area contributed by atoms with Crippen molar-refractivity contribution in [2.24, 2.45) is 4.99 Å². The van der Waals surface area contributed by atoms with Crippen molar-refractivity contribution in [3.8, 4) is 22.4 Å². The number of nitrogens with one attached hydrogen (secondary N) is 1. The Morgan fingerprint density at radius 2 is 1.46 bits per heavy atom. The molecule has 4 atom stereocenters. The number of carbonyl (C=O) groups excluding carboxylic acids is 3. The summed E-state index contributed by atoms with van der Waals surface area (Å²) >= 11 is 0. The predicted octanol–water partition coefficient (Wildman–Crippen LogP) is 6.59. The molecule has 4 heterocycles. The number of urea groups is 1. The number of carboxylic acids is 1. The van der Waals surface area contributed by atoms with Crippen molar-refractivity contribution in [3.05, 3.63) is 136 Å². The van der Waals surface area contributed by atoms with Crippen LogP contribution in [0, 0.1) is 15.9 Å². The van der Waals surface area contributed by atoms with Crippen molar-refractivity contribution in [2.75, 3.05) is 63.6 Å². The minimum absolute atomic E-state index is 0.0939. The van der Waals surface area contributed by atoms with Gasteiger partial charge in [-0.2, -0.15) is 0 Å². The second kappa shape index (κ2) is 23.0. The topological polar surface area (TPSA) is 218 Å². The highest BCUT2D eigenvalue weighted by molar-refractivity contribution is 6.12. The first-order valence-corrected chi connectivity index (χ1v) is 23.6. The Balaban J connectivity index is 0.000000219. The number of carboxylic acid groups (broad SMARTS) is 1. The second-order valence-corrected chi connectivity index (χ2v) is 18.2. The molecule has 4 amide bonds. The van der Waals surface area contributed by atoms with Crippen LogP contribution in [0.1, 0.15) is 55.1 Å². The largest absolute Gasteiger partial charge is 0.481 e. The van der Waals surface area contributed by atoms with Gasteiger partial charge in [-0.1, -0.05) is 62.4 Å². The minimum atomic E-state index is -1.18. The Hall–Kier alpha value is -7.48. The number of amides is 4. The summed E-state index contributed by atoms with van der Waals surface area (Å²) < 4.78 is 16.0. The van der Waals surface area contributed by atoms with Crippen LogP contribution in [0.15, 0.2) is 114 Å². The number of anilines is 2. The van der Waals surface area contributed by atoms with Crippen LogP contribution >= 0.6 is 0 Å². The van der Waals surface area contributed by atoms with E-state index in [1.807, 2.05) is 84.0 Å². The Morgan fingerprint density at radius 3 is 2.07 bits per heavy atom. The summed E-state index contributed by atoms with van der Waals surface area (Å²) in [6, 6.07) is 30.6. The van der Waals surface area contributed by atoms with E-state index in [0.717, 1.165) is 54.6 Å². The number of aliphatic hydroxyl groups excluding tert-OH is 2. The SMILES string of the molecule is CC(C)c1c(C(=O)Nc2ccccc2)c(-c2ccccc2)c(-c2ccc(F)cc2)n1CC[C@@H](O)C[C@@H](O)CC(=O)O.CN1C(=O)C2C(N=CN2CCN2CCN(c3ccc([N+](=O)[O-])cc3)CC2)N(C)C1=O. The van der Waals surface area contributed by atoms with Crippen LogP contribution in [0.3, 0.4) is 0 Å². The van der Waals surface area contributed by atoms with Gasteiger partial charge in [-0.25, -0.2) is 14.2 Å². The summed E-state index contributed by atoms with van der Waals surface area (Å²) in [6.45, 7) is 9.09. The van der Waals surface area contributed by atoms with Crippen molar-refractivity contribution in [1.29, 1.82) is 0 Å². The number of nitrogens with zero attached hydrogens (tertiary/aromatic N) is 8. The first kappa shape index (κ1) is 51.4. The van der Waals surface area contributed by atoms with Gasteiger partial charge in [-0.15, -0.1) is 0 Å². The Morgan fingerprint density at radius 1 is 0.831 bits per heavy atom. The van der Waals surface area contributed by atoms with Crippen LogP contribution in [0.2, 0.25) is 0 Å². The number of para-hydroxylation sites is 1. The zero-order valence-electron chi connectivity index (χ0n) is 40.2. The maximum Gasteiger partial charge on any atom is 0.328 e. The molecule has 0 aliphatic carbocycles. The smallest absolute Gasteiger partial charge is 0.328 e. The predicted molar refractivity (Wildman–Crippen MR) is 268 cm³/mol. The lowest BCUT2D eigenvalue weighted by atomic mass is 9.94. The summed E-state index contributed by atoms with van der Waals surface area (Å²) in [7, 11) is 3.17. The van der Waals surface area contributed by atoms with Gasteiger partial charge in [-0.05, 0) is 78.4 Å². The lowest BCUT2D eigenvalue weighted by Gasteiger charge is -2.40. The molecule has 4 N–H and O–H groups in total. The molecule has 0 spiro atoms. The van der Waals surface area contributed by atoms with E-state index in [0.29, 0.717) is 34.6 Å². The van der Waals surface area contributed by atoms with Crippen molar-refractivity contribution in [3.63, 3.8) is 0 Å². The highest BCUT2D eigenvalue weighted by Crippen LogP contribution is 2.43. The summed E-state index contributed by atoms with van der Waals surface area (Å²) in [4.78, 5) is 73.6. The van der Waals surface area contributed by atoms with E-state index in [1.54, 1.807) is 37.7 Å². The van der Waals surface area contributed by atoms with Gasteiger partial charge in [0, 0.05) is 94.7 Å². The summed E-state index contributed by atoms with van der Waals surface area (Å²) in [5, 5.41) is 43.6. The molecule has 2 saturated heterocycles. The van der Waals surface area contributed by atoms with Crippen molar-refractivity contribution in [2.45, 2.75) is 70.0 Å². The van der Waals surface area contributed by atoms with E-state index in [-0.39, 0.29) is 54.7 Å². The molecule has 5 aromatic rings. The van der Waals surface area contributed by atoms with Gasteiger partial charge in [0.25, 0.3) is 17.5 Å². The molecule has 0 bridgehead atoms. The van der Waals surface area contributed by atoms with Gasteiger partial charge < -0.3 is 39.9 Å². The highest BCUT2D eigenvalue weighted by atomic mass is 19.1. The van der Waals surface area contributed by atoms with Crippen LogP contribution in [-0.2, 0) is 16.1 Å². The minimum Gasteiger partial charge on any atom is -0.481 e. The number of benzene rings is 4. The number of aromatic nitrogens is 1. The number of imide groups is 1. The molecule has 19 heteroatoms. The van der Waals surface area contributed by atoms with E-state index in [1.165, 1.54) is 36.2 Å². The summed E-state index contributed by atoms with van der Waals surface area (Å²) in [5.41, 5.74) is 5.85. The van der Waals surface area contributed by atoms with Crippen LogP contribution in [0.5, 0.6) is 0 Å². The average Bonchev–Trinajstić information content (AvgIpc) is 3.95. The molecule has 3 aliphatic rings. The third-order valence-corrected chi connectivity index (χ3v) is 13.0. The molecule has 374 valence electrons. The molecule has 0 radical (unpaired) electrons. The monoisotopic (exact) mass is 973 g/mol. The molecular weight excluding hydrogens is 914 g/mol. The highest BCUT2D eigenvalue weighted by Gasteiger charge is 2.48. The van der Waals surface area contributed by atoms with E-state index in [2.05, 4.69) is 20.1 Å². The number of halogens is 1. The first-order chi connectivity index (χ1) is 34.0. The normalized spacial score (nSPS) is 17.7. The number of nitro benzene ring substituents is 1. The fourth-order valence-corrected chi connectivity index (χ4v) is 9.37. The molecule has 2 fully saturated rings. The number of likely N-dealkylation sites (N-methyl/N-ethyl adjacent to an activating group) is 2. The van der Waals surface area contributed by atoms with Crippen molar-refractivity contribution >= 4 is 47.2 Å². The maximum absolute atomic E-state index is 14.0. The Labute approximate surface area is 411 Å². The van der Waals surface area contributed by atoms with Crippen LogP contribution in [0.25, 0.3) is 22.4 Å². The molecule has 4 aromatic carbocycles. The quantitative estimate of drug-likeness (QED) is 0.0573. The Bertz CT molecular complexity index is 2690. The lowest BCUT2D eigenvalue weighted by Crippen LogP contribution is -2.64. The molecule has 8 rings (SSSR count). The van der Waals surface area contributed by atoms with Gasteiger partial charge in [0.1, 0.15) is 5.82 Å². The first-order valence-electron chi connectivity index (χ1n) is 23.6. The van der Waals surface area contributed by atoms with E-state index >= 15 is 0 Å². The second-order valence-electron chi connectivity index (χ2n) is 18.2. The zero-order valence-corrected chi connectivity index (χ0v) is 40.2. The number of piperazine rings is 1. The number of carbonyl (C=O) groups is 4. The van der Waals surface area contributed by atoms with E-state index in [9.17, 15) is 43.9 Å². The zero-order chi connectivity index (χ0) is 50.9.